The Balaban J connectivity index is 2.20. The van der Waals surface area contributed by atoms with Crippen molar-refractivity contribution in [2.24, 2.45) is 5.92 Å². The molecule has 1 unspecified atom stereocenters. The molecule has 1 nitrogen and oxygen atoms in total. The minimum atomic E-state index is 1.00. The van der Waals surface area contributed by atoms with E-state index < -0.39 is 0 Å². The fourth-order valence-corrected chi connectivity index (χ4v) is 1.53. The summed E-state index contributed by atoms with van der Waals surface area (Å²) < 4.78 is 0. The van der Waals surface area contributed by atoms with Gasteiger partial charge < -0.3 is 4.90 Å². The molecular formula is C8H17N. The highest BCUT2D eigenvalue weighted by molar-refractivity contribution is 4.72. The van der Waals surface area contributed by atoms with Gasteiger partial charge in [-0.2, -0.15) is 0 Å². The van der Waals surface area contributed by atoms with Crippen LogP contribution in [0.2, 0.25) is 0 Å². The second-order valence-electron chi connectivity index (χ2n) is 2.96. The molecule has 0 aromatic heterocycles. The quantitative estimate of drug-likeness (QED) is 0.546. The van der Waals surface area contributed by atoms with Gasteiger partial charge in [0.15, 0.2) is 0 Å². The summed E-state index contributed by atoms with van der Waals surface area (Å²) in [6.07, 6.45) is 2.81. The van der Waals surface area contributed by atoms with Crippen molar-refractivity contribution < 1.29 is 0 Å². The fourth-order valence-electron chi connectivity index (χ4n) is 1.53. The summed E-state index contributed by atoms with van der Waals surface area (Å²) in [5, 5.41) is 0. The zero-order valence-corrected chi connectivity index (χ0v) is 6.56. The van der Waals surface area contributed by atoms with Gasteiger partial charge >= 0.3 is 0 Å². The number of hydrogen-bond acceptors (Lipinski definition) is 1. The molecule has 0 bridgehead atoms. The Hall–Kier alpha value is -0.0400. The third-order valence-corrected chi connectivity index (χ3v) is 2.39. The van der Waals surface area contributed by atoms with Crippen LogP contribution in [0.1, 0.15) is 26.7 Å². The normalized spacial score (nSPS) is 29.3. The first-order chi connectivity index (χ1) is 4.36. The van der Waals surface area contributed by atoms with Crippen molar-refractivity contribution in [3.63, 3.8) is 0 Å². The molecule has 1 saturated heterocycles. The molecule has 54 valence electrons. The SMILES string of the molecule is CCC1CCN(CC)C1. The third kappa shape index (κ3) is 1.68. The lowest BCUT2D eigenvalue weighted by molar-refractivity contribution is 0.340. The van der Waals surface area contributed by atoms with Crippen LogP contribution in [0.25, 0.3) is 0 Å². The molecule has 1 heteroatoms. The van der Waals surface area contributed by atoms with Crippen molar-refractivity contribution in [3.8, 4) is 0 Å². The standard InChI is InChI=1S/C8H17N/c1-3-8-5-6-9(4-2)7-8/h8H,3-7H2,1-2H3. The summed E-state index contributed by atoms with van der Waals surface area (Å²) in [6.45, 7) is 8.49. The third-order valence-electron chi connectivity index (χ3n) is 2.39. The average Bonchev–Trinajstić information content (AvgIpc) is 2.34. The summed E-state index contributed by atoms with van der Waals surface area (Å²) in [4.78, 5) is 2.54. The Morgan fingerprint density at radius 3 is 2.56 bits per heavy atom. The Labute approximate surface area is 58.0 Å². The highest BCUT2D eigenvalue weighted by Crippen LogP contribution is 2.17. The van der Waals surface area contributed by atoms with E-state index in [4.69, 9.17) is 0 Å². The van der Waals surface area contributed by atoms with Crippen molar-refractivity contribution in [3.05, 3.63) is 0 Å². The predicted molar refractivity (Wildman–Crippen MR) is 40.5 cm³/mol. The Morgan fingerprint density at radius 1 is 1.44 bits per heavy atom. The second-order valence-corrected chi connectivity index (χ2v) is 2.96. The first-order valence-electron chi connectivity index (χ1n) is 4.09. The van der Waals surface area contributed by atoms with Gasteiger partial charge in [-0.15, -0.1) is 0 Å². The van der Waals surface area contributed by atoms with E-state index in [0.29, 0.717) is 0 Å². The molecule has 0 saturated carbocycles. The molecule has 0 aliphatic carbocycles. The molecule has 1 atom stereocenters. The van der Waals surface area contributed by atoms with Crippen LogP contribution in [0.3, 0.4) is 0 Å². The van der Waals surface area contributed by atoms with E-state index >= 15 is 0 Å². The van der Waals surface area contributed by atoms with Crippen molar-refractivity contribution in [1.82, 2.24) is 4.90 Å². The number of nitrogens with zero attached hydrogens (tertiary/aromatic N) is 1. The molecule has 0 aromatic rings. The molecule has 1 fully saturated rings. The highest BCUT2D eigenvalue weighted by atomic mass is 15.1. The van der Waals surface area contributed by atoms with Gasteiger partial charge in [-0.05, 0) is 25.4 Å². The van der Waals surface area contributed by atoms with Crippen LogP contribution >= 0.6 is 0 Å². The van der Waals surface area contributed by atoms with Crippen molar-refractivity contribution in [2.45, 2.75) is 26.7 Å². The van der Waals surface area contributed by atoms with Crippen LogP contribution in [-0.2, 0) is 0 Å². The van der Waals surface area contributed by atoms with Gasteiger partial charge in [-0.1, -0.05) is 20.3 Å². The van der Waals surface area contributed by atoms with Crippen LogP contribution in [0.4, 0.5) is 0 Å². The molecule has 1 rings (SSSR count). The lowest BCUT2D eigenvalue weighted by Crippen LogP contribution is -2.19. The van der Waals surface area contributed by atoms with Gasteiger partial charge in [-0.25, -0.2) is 0 Å². The number of likely N-dealkylation sites (tertiary alicyclic amines) is 1. The molecule has 9 heavy (non-hydrogen) atoms. The van der Waals surface area contributed by atoms with Crippen molar-refractivity contribution in [1.29, 1.82) is 0 Å². The van der Waals surface area contributed by atoms with E-state index in [1.54, 1.807) is 0 Å². The molecule has 0 spiro atoms. The van der Waals surface area contributed by atoms with E-state index in [1.807, 2.05) is 0 Å². The highest BCUT2D eigenvalue weighted by Gasteiger charge is 2.18. The molecule has 1 aliphatic rings. The molecule has 1 heterocycles. The van der Waals surface area contributed by atoms with Crippen LogP contribution in [0, 0.1) is 5.92 Å². The van der Waals surface area contributed by atoms with Crippen LogP contribution in [0.5, 0.6) is 0 Å². The molecular weight excluding hydrogens is 110 g/mol. The van der Waals surface area contributed by atoms with E-state index in [2.05, 4.69) is 18.7 Å². The van der Waals surface area contributed by atoms with Gasteiger partial charge in [0.25, 0.3) is 0 Å². The van der Waals surface area contributed by atoms with Gasteiger partial charge in [0, 0.05) is 6.54 Å². The zero-order chi connectivity index (χ0) is 6.69. The first kappa shape index (κ1) is 7.07. The molecule has 1 aliphatic heterocycles. The first-order valence-corrected chi connectivity index (χ1v) is 4.09. The van der Waals surface area contributed by atoms with E-state index in [0.717, 1.165) is 5.92 Å². The van der Waals surface area contributed by atoms with E-state index in [1.165, 1.54) is 32.5 Å². The maximum Gasteiger partial charge on any atom is 0.000992 e. The van der Waals surface area contributed by atoms with Crippen LogP contribution in [0.15, 0.2) is 0 Å². The Bertz CT molecular complexity index is 70.6. The lowest BCUT2D eigenvalue weighted by Gasteiger charge is -2.11. The van der Waals surface area contributed by atoms with Gasteiger partial charge in [-0.3, -0.25) is 0 Å². The fraction of sp³-hybridized carbons (Fsp3) is 1.00. The Kier molecular flexibility index (Phi) is 2.52. The summed E-state index contributed by atoms with van der Waals surface area (Å²) >= 11 is 0. The minimum Gasteiger partial charge on any atom is -0.303 e. The minimum absolute atomic E-state index is 1.00. The van der Waals surface area contributed by atoms with Crippen molar-refractivity contribution >= 4 is 0 Å². The number of rotatable bonds is 2. The lowest BCUT2D eigenvalue weighted by atomic mass is 10.1. The van der Waals surface area contributed by atoms with Crippen LogP contribution < -0.4 is 0 Å². The largest absolute Gasteiger partial charge is 0.303 e. The summed E-state index contributed by atoms with van der Waals surface area (Å²) in [5.41, 5.74) is 0. The predicted octanol–water partition coefficient (Wildman–Crippen LogP) is 1.74. The molecule has 0 aromatic carbocycles. The van der Waals surface area contributed by atoms with Crippen molar-refractivity contribution in [2.75, 3.05) is 19.6 Å². The maximum absolute atomic E-state index is 2.54. The summed E-state index contributed by atoms with van der Waals surface area (Å²) in [5.74, 6) is 1.00. The zero-order valence-electron chi connectivity index (χ0n) is 6.56. The van der Waals surface area contributed by atoms with Gasteiger partial charge in [0.05, 0.1) is 0 Å². The van der Waals surface area contributed by atoms with Gasteiger partial charge in [0.1, 0.15) is 0 Å². The topological polar surface area (TPSA) is 3.24 Å². The Morgan fingerprint density at radius 2 is 2.22 bits per heavy atom. The smallest absolute Gasteiger partial charge is 0.000992 e. The number of hydrogen-bond donors (Lipinski definition) is 0. The van der Waals surface area contributed by atoms with Crippen LogP contribution in [-0.4, -0.2) is 24.5 Å². The molecule has 0 radical (unpaired) electrons. The van der Waals surface area contributed by atoms with Gasteiger partial charge in [0.2, 0.25) is 0 Å². The maximum atomic E-state index is 2.54. The summed E-state index contributed by atoms with van der Waals surface area (Å²) in [6, 6.07) is 0. The summed E-state index contributed by atoms with van der Waals surface area (Å²) in [7, 11) is 0. The van der Waals surface area contributed by atoms with E-state index in [-0.39, 0.29) is 0 Å². The van der Waals surface area contributed by atoms with E-state index in [9.17, 15) is 0 Å². The second kappa shape index (κ2) is 3.21. The monoisotopic (exact) mass is 127 g/mol. The average molecular weight is 127 g/mol. The molecule has 0 amide bonds. The molecule has 0 N–H and O–H groups in total.